The van der Waals surface area contributed by atoms with Crippen LogP contribution in [0.5, 0.6) is 11.5 Å². The number of hydrogen-bond donors (Lipinski definition) is 1. The Morgan fingerprint density at radius 3 is 2.67 bits per heavy atom. The van der Waals surface area contributed by atoms with E-state index in [-0.39, 0.29) is 24.0 Å². The number of benzene rings is 2. The van der Waals surface area contributed by atoms with Gasteiger partial charge in [0.2, 0.25) is 11.7 Å². The van der Waals surface area contributed by atoms with Crippen molar-refractivity contribution >= 4 is 40.1 Å². The number of carbonyl (C=O) groups is 2. The van der Waals surface area contributed by atoms with Gasteiger partial charge in [0, 0.05) is 24.9 Å². The molecule has 3 heterocycles. The molecule has 8 nitrogen and oxygen atoms in total. The van der Waals surface area contributed by atoms with Crippen LogP contribution >= 0.6 is 11.6 Å². The van der Waals surface area contributed by atoms with Crippen LogP contribution in [-0.4, -0.2) is 56.2 Å². The van der Waals surface area contributed by atoms with Crippen LogP contribution in [0.3, 0.4) is 0 Å². The fourth-order valence-electron chi connectivity index (χ4n) is 3.99. The molecular weight excluding hydrogens is 448 g/mol. The zero-order chi connectivity index (χ0) is 22.8. The third-order valence-electron chi connectivity index (χ3n) is 5.58. The molecule has 172 valence electrons. The molecule has 0 spiro atoms. The summed E-state index contributed by atoms with van der Waals surface area (Å²) >= 11 is 6.36. The molecule has 0 unspecified atom stereocenters. The lowest BCUT2D eigenvalue weighted by Crippen LogP contribution is -2.40. The van der Waals surface area contributed by atoms with Crippen molar-refractivity contribution in [3.8, 4) is 11.5 Å². The average Bonchev–Trinajstić information content (AvgIpc) is 3.00. The van der Waals surface area contributed by atoms with E-state index in [2.05, 4.69) is 5.32 Å². The lowest BCUT2D eigenvalue weighted by molar-refractivity contribution is -0.115. The third-order valence-corrected chi connectivity index (χ3v) is 5.86. The van der Waals surface area contributed by atoms with Crippen molar-refractivity contribution in [2.45, 2.75) is 12.8 Å². The summed E-state index contributed by atoms with van der Waals surface area (Å²) in [6, 6.07) is 10.7. The molecule has 2 aliphatic rings. The first kappa shape index (κ1) is 21.6. The second-order valence-corrected chi connectivity index (χ2v) is 8.29. The van der Waals surface area contributed by atoms with E-state index in [1.165, 1.54) is 0 Å². The molecule has 33 heavy (non-hydrogen) atoms. The summed E-state index contributed by atoms with van der Waals surface area (Å²) in [5.41, 5.74) is 1.58. The van der Waals surface area contributed by atoms with Crippen molar-refractivity contribution in [2.24, 2.45) is 0 Å². The number of morpholine rings is 1. The summed E-state index contributed by atoms with van der Waals surface area (Å²) in [5, 5.41) is 3.95. The van der Waals surface area contributed by atoms with E-state index in [1.54, 1.807) is 23.1 Å². The number of amides is 2. The van der Waals surface area contributed by atoms with Crippen LogP contribution in [-0.2, 0) is 16.0 Å². The Bertz CT molecular complexity index is 1200. The molecule has 2 aliphatic heterocycles. The van der Waals surface area contributed by atoms with Crippen LogP contribution < -0.4 is 14.8 Å². The van der Waals surface area contributed by atoms with Crippen LogP contribution in [0.15, 0.2) is 40.8 Å². The minimum Gasteiger partial charge on any atom is -0.489 e. The number of halogens is 1. The molecule has 2 amide bonds. The second-order valence-electron chi connectivity index (χ2n) is 7.89. The Morgan fingerprint density at radius 2 is 1.82 bits per heavy atom. The largest absolute Gasteiger partial charge is 0.489 e. The zero-order valence-corrected chi connectivity index (χ0v) is 18.7. The fourth-order valence-corrected chi connectivity index (χ4v) is 4.27. The van der Waals surface area contributed by atoms with Crippen LogP contribution in [0.2, 0.25) is 5.02 Å². The summed E-state index contributed by atoms with van der Waals surface area (Å²) in [7, 11) is 0. The number of carbonyl (C=O) groups excluding carboxylic acids is 2. The number of rotatable bonds is 4. The number of nitrogens with one attached hydrogen (secondary N) is 1. The van der Waals surface area contributed by atoms with Crippen molar-refractivity contribution in [1.29, 1.82) is 0 Å². The second kappa shape index (κ2) is 9.33. The molecule has 9 heteroatoms. The number of para-hydroxylation sites is 1. The van der Waals surface area contributed by atoms with E-state index in [4.69, 9.17) is 30.2 Å². The highest BCUT2D eigenvalue weighted by atomic mass is 35.5. The van der Waals surface area contributed by atoms with Gasteiger partial charge >= 0.3 is 0 Å². The van der Waals surface area contributed by atoms with Crippen molar-refractivity contribution in [3.63, 3.8) is 0 Å². The first-order valence-corrected chi connectivity index (χ1v) is 11.2. The summed E-state index contributed by atoms with van der Waals surface area (Å²) < 4.78 is 22.6. The predicted molar refractivity (Wildman–Crippen MR) is 122 cm³/mol. The Labute approximate surface area is 195 Å². The number of furan rings is 1. The SMILES string of the molecule is O=C(Cc1cc(Cl)c2c(c1)OCCCO2)Nc1c(C(=O)N2CCOCC2)oc2ccccc12. The molecule has 3 aromatic rings. The van der Waals surface area contributed by atoms with Crippen LogP contribution in [0.25, 0.3) is 11.0 Å². The Hall–Kier alpha value is -3.23. The summed E-state index contributed by atoms with van der Waals surface area (Å²) in [4.78, 5) is 27.8. The Kier molecular flexibility index (Phi) is 6.11. The molecule has 1 saturated heterocycles. The number of nitrogens with zero attached hydrogens (tertiary/aromatic N) is 1. The van der Waals surface area contributed by atoms with Crippen LogP contribution in [0, 0.1) is 0 Å². The van der Waals surface area contributed by atoms with Crippen molar-refractivity contribution in [3.05, 3.63) is 52.7 Å². The van der Waals surface area contributed by atoms with Gasteiger partial charge in [-0.05, 0) is 29.8 Å². The summed E-state index contributed by atoms with van der Waals surface area (Å²) in [6.07, 6.45) is 0.801. The average molecular weight is 471 g/mol. The highest BCUT2D eigenvalue weighted by molar-refractivity contribution is 6.32. The highest BCUT2D eigenvalue weighted by Crippen LogP contribution is 2.38. The maximum atomic E-state index is 13.1. The zero-order valence-electron chi connectivity index (χ0n) is 17.9. The predicted octanol–water partition coefficient (Wildman–Crippen LogP) is 3.90. The smallest absolute Gasteiger partial charge is 0.291 e. The monoisotopic (exact) mass is 470 g/mol. The van der Waals surface area contributed by atoms with Gasteiger partial charge in [-0.2, -0.15) is 0 Å². The van der Waals surface area contributed by atoms with E-state index >= 15 is 0 Å². The minimum atomic E-state index is -0.303. The van der Waals surface area contributed by atoms with Gasteiger partial charge in [0.25, 0.3) is 5.91 Å². The van der Waals surface area contributed by atoms with Gasteiger partial charge in [0.05, 0.1) is 37.9 Å². The van der Waals surface area contributed by atoms with E-state index in [1.807, 2.05) is 18.2 Å². The quantitative estimate of drug-likeness (QED) is 0.622. The number of ether oxygens (including phenoxy) is 3. The molecular formula is C24H23ClN2O6. The van der Waals surface area contributed by atoms with Crippen LogP contribution in [0.1, 0.15) is 22.5 Å². The molecule has 1 aromatic heterocycles. The number of hydrogen-bond acceptors (Lipinski definition) is 6. The minimum absolute atomic E-state index is 0.0427. The van der Waals surface area contributed by atoms with Gasteiger partial charge in [-0.15, -0.1) is 0 Å². The van der Waals surface area contributed by atoms with Gasteiger partial charge in [0.1, 0.15) is 11.3 Å². The molecule has 0 radical (unpaired) electrons. The maximum absolute atomic E-state index is 13.1. The van der Waals surface area contributed by atoms with Crippen LogP contribution in [0.4, 0.5) is 5.69 Å². The van der Waals surface area contributed by atoms with E-state index in [0.717, 1.165) is 6.42 Å². The molecule has 0 aliphatic carbocycles. The molecule has 5 rings (SSSR count). The molecule has 0 atom stereocenters. The van der Waals surface area contributed by atoms with E-state index < -0.39 is 0 Å². The summed E-state index contributed by atoms with van der Waals surface area (Å²) in [6.45, 7) is 2.93. The summed E-state index contributed by atoms with van der Waals surface area (Å²) in [5.74, 6) is 0.562. The van der Waals surface area contributed by atoms with E-state index in [0.29, 0.717) is 78.3 Å². The highest BCUT2D eigenvalue weighted by Gasteiger charge is 2.27. The van der Waals surface area contributed by atoms with Crippen molar-refractivity contribution in [1.82, 2.24) is 4.90 Å². The Morgan fingerprint density at radius 1 is 1.03 bits per heavy atom. The molecule has 0 saturated carbocycles. The van der Waals surface area contributed by atoms with Gasteiger partial charge in [-0.3, -0.25) is 9.59 Å². The standard InChI is InChI=1S/C24H23ClN2O6/c25-17-12-15(13-19-22(17)32-9-3-8-31-19)14-20(28)26-21-16-4-1-2-5-18(16)33-23(21)24(29)27-6-10-30-11-7-27/h1-2,4-5,12-13H,3,6-11,14H2,(H,26,28). The lowest BCUT2D eigenvalue weighted by atomic mass is 10.1. The van der Waals surface area contributed by atoms with Crippen molar-refractivity contribution < 1.29 is 28.2 Å². The van der Waals surface area contributed by atoms with Gasteiger partial charge in [-0.1, -0.05) is 23.7 Å². The normalized spacial score (nSPS) is 15.8. The van der Waals surface area contributed by atoms with E-state index in [9.17, 15) is 9.59 Å². The van der Waals surface area contributed by atoms with Gasteiger partial charge in [-0.25, -0.2) is 0 Å². The number of anilines is 1. The fraction of sp³-hybridized carbons (Fsp3) is 0.333. The third kappa shape index (κ3) is 4.49. The molecule has 0 bridgehead atoms. The first-order chi connectivity index (χ1) is 16.1. The Balaban J connectivity index is 1.41. The van der Waals surface area contributed by atoms with Crippen molar-refractivity contribution in [2.75, 3.05) is 44.8 Å². The molecule has 2 aromatic carbocycles. The molecule has 1 fully saturated rings. The topological polar surface area (TPSA) is 90.2 Å². The first-order valence-electron chi connectivity index (χ1n) is 10.9. The molecule has 1 N–H and O–H groups in total. The van der Waals surface area contributed by atoms with Gasteiger partial charge in [0.15, 0.2) is 11.5 Å². The lowest BCUT2D eigenvalue weighted by Gasteiger charge is -2.26. The number of fused-ring (bicyclic) bond motifs is 2. The van der Waals surface area contributed by atoms with Gasteiger partial charge < -0.3 is 28.8 Å². The maximum Gasteiger partial charge on any atom is 0.291 e.